The Bertz CT molecular complexity index is 976. The molecule has 0 bridgehead atoms. The Morgan fingerprint density at radius 3 is 2.35 bits per heavy atom. The molecule has 2 aliphatic heterocycles. The summed E-state index contributed by atoms with van der Waals surface area (Å²) in [5.74, 6) is -0.149. The van der Waals surface area contributed by atoms with Crippen molar-refractivity contribution in [3.8, 4) is 5.75 Å². The summed E-state index contributed by atoms with van der Waals surface area (Å²) >= 11 is 1.45. The number of carbonyl (C=O) groups excluding carboxylic acids is 1. The van der Waals surface area contributed by atoms with Crippen LogP contribution in [-0.4, -0.2) is 60.9 Å². The highest BCUT2D eigenvalue weighted by atomic mass is 32.2. The molecule has 2 N–H and O–H groups in total. The van der Waals surface area contributed by atoms with Crippen LogP contribution in [-0.2, 0) is 10.9 Å². The molecule has 7 nitrogen and oxygen atoms in total. The van der Waals surface area contributed by atoms with Crippen LogP contribution in [0.1, 0.15) is 28.8 Å². The van der Waals surface area contributed by atoms with Gasteiger partial charge < -0.3 is 14.4 Å². The van der Waals surface area contributed by atoms with Crippen LogP contribution in [0.4, 0.5) is 18.9 Å². The maximum absolute atomic E-state index is 12.7. The number of hydroxylamine groups is 1. The number of piperidine rings is 1. The summed E-state index contributed by atoms with van der Waals surface area (Å²) in [6.07, 6.45) is -3.09. The lowest BCUT2D eigenvalue weighted by atomic mass is 10.1. The largest absolute Gasteiger partial charge is 0.490 e. The number of alkyl halides is 3. The second-order valence-corrected chi connectivity index (χ2v) is 9.19. The van der Waals surface area contributed by atoms with Crippen molar-refractivity contribution in [2.24, 2.45) is 0 Å². The van der Waals surface area contributed by atoms with Crippen LogP contribution < -0.4 is 15.1 Å². The van der Waals surface area contributed by atoms with E-state index in [-0.39, 0.29) is 6.10 Å². The standard InChI is InChI=1S/C23H26F3N3O4S/c24-23(25,26)16-4-6-17(7-5-16)33-18-8-10-29(11-9-18)34-20-3-1-2-19(21(20)22(30)27-31)28-12-14-32-15-13-28/h1-7,18,31H,8-15H2,(H,27,30). The molecule has 2 fully saturated rings. The van der Waals surface area contributed by atoms with Crippen LogP contribution in [0.2, 0.25) is 0 Å². The Labute approximate surface area is 199 Å². The minimum atomic E-state index is -4.37. The van der Waals surface area contributed by atoms with Crippen LogP contribution in [0.25, 0.3) is 0 Å². The minimum absolute atomic E-state index is 0.103. The van der Waals surface area contributed by atoms with Crippen molar-refractivity contribution in [3.05, 3.63) is 53.6 Å². The Balaban J connectivity index is 1.38. The van der Waals surface area contributed by atoms with Crippen molar-refractivity contribution in [1.82, 2.24) is 9.79 Å². The second-order valence-electron chi connectivity index (χ2n) is 8.05. The maximum Gasteiger partial charge on any atom is 0.416 e. The van der Waals surface area contributed by atoms with E-state index in [9.17, 15) is 23.2 Å². The van der Waals surface area contributed by atoms with Crippen LogP contribution in [0, 0.1) is 0 Å². The van der Waals surface area contributed by atoms with Gasteiger partial charge in [0.1, 0.15) is 11.9 Å². The molecule has 0 saturated carbocycles. The normalized spacial score (nSPS) is 18.1. The van der Waals surface area contributed by atoms with E-state index in [2.05, 4.69) is 9.21 Å². The molecular formula is C23H26F3N3O4S. The molecule has 34 heavy (non-hydrogen) atoms. The van der Waals surface area contributed by atoms with Gasteiger partial charge in [-0.2, -0.15) is 13.2 Å². The van der Waals surface area contributed by atoms with Gasteiger partial charge >= 0.3 is 6.18 Å². The second kappa shape index (κ2) is 10.9. The Kier molecular flexibility index (Phi) is 7.87. The molecule has 0 spiro atoms. The van der Waals surface area contributed by atoms with E-state index in [0.717, 1.165) is 22.7 Å². The number of rotatable bonds is 6. The molecule has 0 aliphatic carbocycles. The first kappa shape index (κ1) is 24.6. The molecule has 1 amide bonds. The lowest BCUT2D eigenvalue weighted by Gasteiger charge is -2.33. The number of ether oxygens (including phenoxy) is 2. The van der Waals surface area contributed by atoms with Gasteiger partial charge in [0.15, 0.2) is 0 Å². The fraction of sp³-hybridized carbons (Fsp3) is 0.435. The highest BCUT2D eigenvalue weighted by Crippen LogP contribution is 2.35. The molecule has 0 radical (unpaired) electrons. The van der Waals surface area contributed by atoms with E-state index in [1.807, 2.05) is 18.2 Å². The quantitative estimate of drug-likeness (QED) is 0.352. The van der Waals surface area contributed by atoms with Crippen LogP contribution in [0.15, 0.2) is 47.4 Å². The first-order valence-electron chi connectivity index (χ1n) is 11.0. The number of halogens is 3. The molecule has 11 heteroatoms. The van der Waals surface area contributed by atoms with Crippen LogP contribution in [0.3, 0.4) is 0 Å². The van der Waals surface area contributed by atoms with E-state index in [4.69, 9.17) is 9.47 Å². The average molecular weight is 498 g/mol. The lowest BCUT2D eigenvalue weighted by Crippen LogP contribution is -2.38. The van der Waals surface area contributed by atoms with E-state index in [1.54, 1.807) is 5.48 Å². The third-order valence-electron chi connectivity index (χ3n) is 5.80. The smallest absolute Gasteiger partial charge is 0.416 e. The molecular weight excluding hydrogens is 471 g/mol. The third kappa shape index (κ3) is 5.96. The van der Waals surface area contributed by atoms with Crippen molar-refractivity contribution in [1.29, 1.82) is 0 Å². The third-order valence-corrected chi connectivity index (χ3v) is 6.96. The zero-order chi connectivity index (χ0) is 24.1. The van der Waals surface area contributed by atoms with Gasteiger partial charge in [0.25, 0.3) is 5.91 Å². The van der Waals surface area contributed by atoms with E-state index in [0.29, 0.717) is 63.5 Å². The monoisotopic (exact) mass is 497 g/mol. The molecule has 0 aromatic heterocycles. The molecule has 2 aromatic rings. The van der Waals surface area contributed by atoms with Gasteiger partial charge in [0.2, 0.25) is 0 Å². The van der Waals surface area contributed by atoms with Gasteiger partial charge in [-0.05, 0) is 61.2 Å². The maximum atomic E-state index is 12.7. The highest BCUT2D eigenvalue weighted by molar-refractivity contribution is 7.97. The van der Waals surface area contributed by atoms with Crippen molar-refractivity contribution in [2.75, 3.05) is 44.3 Å². The number of morpholine rings is 1. The molecule has 4 rings (SSSR count). The van der Waals surface area contributed by atoms with Gasteiger partial charge in [0, 0.05) is 31.1 Å². The fourth-order valence-corrected chi connectivity index (χ4v) is 5.14. The molecule has 0 unspecified atom stereocenters. The van der Waals surface area contributed by atoms with E-state index in [1.165, 1.54) is 24.1 Å². The first-order chi connectivity index (χ1) is 16.3. The fourth-order valence-electron chi connectivity index (χ4n) is 4.04. The number of nitrogens with zero attached hydrogens (tertiary/aromatic N) is 2. The highest BCUT2D eigenvalue weighted by Gasteiger charge is 2.30. The first-order valence-corrected chi connectivity index (χ1v) is 11.8. The minimum Gasteiger partial charge on any atom is -0.490 e. The Morgan fingerprint density at radius 2 is 1.74 bits per heavy atom. The summed E-state index contributed by atoms with van der Waals surface area (Å²) in [5.41, 5.74) is 2.23. The summed E-state index contributed by atoms with van der Waals surface area (Å²) < 4.78 is 51.6. The zero-order valence-electron chi connectivity index (χ0n) is 18.4. The summed E-state index contributed by atoms with van der Waals surface area (Å²) in [5, 5.41) is 9.33. The molecule has 184 valence electrons. The van der Waals surface area contributed by atoms with Crippen molar-refractivity contribution in [3.63, 3.8) is 0 Å². The lowest BCUT2D eigenvalue weighted by molar-refractivity contribution is -0.137. The van der Waals surface area contributed by atoms with Crippen molar-refractivity contribution in [2.45, 2.75) is 30.0 Å². The number of hydrogen-bond acceptors (Lipinski definition) is 7. The van der Waals surface area contributed by atoms with Crippen LogP contribution in [0.5, 0.6) is 5.75 Å². The summed E-state index contributed by atoms with van der Waals surface area (Å²) in [6, 6.07) is 10.3. The number of nitrogens with one attached hydrogen (secondary N) is 1. The van der Waals surface area contributed by atoms with Gasteiger partial charge in [-0.1, -0.05) is 6.07 Å². The Hall–Kier alpha value is -2.47. The predicted octanol–water partition coefficient (Wildman–Crippen LogP) is 4.21. The summed E-state index contributed by atoms with van der Waals surface area (Å²) in [7, 11) is 0. The van der Waals surface area contributed by atoms with Crippen molar-refractivity contribution >= 4 is 23.5 Å². The van der Waals surface area contributed by atoms with Gasteiger partial charge in [-0.15, -0.1) is 0 Å². The van der Waals surface area contributed by atoms with Gasteiger partial charge in [-0.25, -0.2) is 9.79 Å². The van der Waals surface area contributed by atoms with Gasteiger partial charge in [0.05, 0.1) is 30.0 Å². The summed E-state index contributed by atoms with van der Waals surface area (Å²) in [6.45, 7) is 3.82. The number of hydrogen-bond donors (Lipinski definition) is 2. The predicted molar refractivity (Wildman–Crippen MR) is 121 cm³/mol. The molecule has 0 atom stereocenters. The molecule has 2 aliphatic rings. The molecule has 2 heterocycles. The number of amides is 1. The van der Waals surface area contributed by atoms with Crippen molar-refractivity contribution < 1.29 is 32.6 Å². The molecule has 2 aromatic carbocycles. The number of anilines is 1. The Morgan fingerprint density at radius 1 is 1.06 bits per heavy atom. The topological polar surface area (TPSA) is 74.3 Å². The number of carbonyl (C=O) groups is 1. The summed E-state index contributed by atoms with van der Waals surface area (Å²) in [4.78, 5) is 15.3. The molecule has 2 saturated heterocycles. The van der Waals surface area contributed by atoms with E-state index < -0.39 is 17.6 Å². The number of benzene rings is 2. The SMILES string of the molecule is O=C(NO)c1c(SN2CCC(Oc3ccc(C(F)(F)F)cc3)CC2)cccc1N1CCOCC1. The van der Waals surface area contributed by atoms with Crippen LogP contribution >= 0.6 is 11.9 Å². The van der Waals surface area contributed by atoms with Gasteiger partial charge in [-0.3, -0.25) is 10.0 Å². The average Bonchev–Trinajstić information content (AvgIpc) is 2.85. The zero-order valence-corrected chi connectivity index (χ0v) is 19.2. The van der Waals surface area contributed by atoms with E-state index >= 15 is 0 Å².